The molecule has 86 valence electrons. The number of rotatable bonds is 5. The van der Waals surface area contributed by atoms with Crippen LogP contribution in [0.3, 0.4) is 0 Å². The maximum Gasteiger partial charge on any atom is 0.303 e. The second-order valence-corrected chi connectivity index (χ2v) is 3.56. The lowest BCUT2D eigenvalue weighted by molar-refractivity contribution is -0.139. The molecule has 0 radical (unpaired) electrons. The van der Waals surface area contributed by atoms with Crippen LogP contribution in [0.25, 0.3) is 0 Å². The van der Waals surface area contributed by atoms with Crippen molar-refractivity contribution < 1.29 is 19.8 Å². The number of benzene rings is 1. The molecule has 16 heavy (non-hydrogen) atoms. The zero-order valence-electron chi connectivity index (χ0n) is 8.59. The van der Waals surface area contributed by atoms with Crippen LogP contribution in [-0.4, -0.2) is 22.2 Å². The Labute approximate surface area is 92.5 Å². The highest BCUT2D eigenvalue weighted by atomic mass is 16.4. The minimum Gasteiger partial charge on any atom is -0.481 e. The quantitative estimate of drug-likeness (QED) is 0.653. The van der Waals surface area contributed by atoms with Crippen molar-refractivity contribution in [3.05, 3.63) is 29.8 Å². The summed E-state index contributed by atoms with van der Waals surface area (Å²) in [5.74, 6) is -2.58. The molecule has 0 saturated carbocycles. The van der Waals surface area contributed by atoms with Gasteiger partial charge in [-0.3, -0.25) is 9.59 Å². The minimum atomic E-state index is -1.02. The summed E-state index contributed by atoms with van der Waals surface area (Å²) in [5, 5.41) is 17.4. The molecule has 5 heteroatoms. The predicted octanol–water partition coefficient (Wildman–Crippen LogP) is 1.30. The Hall–Kier alpha value is -2.04. The molecule has 0 spiro atoms. The van der Waals surface area contributed by atoms with E-state index in [9.17, 15) is 9.59 Å². The van der Waals surface area contributed by atoms with Gasteiger partial charge in [0.05, 0.1) is 12.8 Å². The number of hydrogen-bond donors (Lipinski definition) is 3. The van der Waals surface area contributed by atoms with Crippen LogP contribution in [0.2, 0.25) is 0 Å². The highest BCUT2D eigenvalue weighted by Gasteiger charge is 2.18. The van der Waals surface area contributed by atoms with Crippen molar-refractivity contribution in [2.24, 2.45) is 0 Å². The highest BCUT2D eigenvalue weighted by molar-refractivity contribution is 5.72. The van der Waals surface area contributed by atoms with Gasteiger partial charge in [-0.05, 0) is 17.7 Å². The van der Waals surface area contributed by atoms with Crippen molar-refractivity contribution in [2.75, 3.05) is 5.73 Å². The summed E-state index contributed by atoms with van der Waals surface area (Å²) in [5.41, 5.74) is 6.70. The first kappa shape index (κ1) is 12.0. The molecule has 1 aromatic rings. The molecule has 0 fully saturated rings. The van der Waals surface area contributed by atoms with Gasteiger partial charge in [0.15, 0.2) is 0 Å². The Morgan fingerprint density at radius 1 is 1.19 bits per heavy atom. The van der Waals surface area contributed by atoms with E-state index in [0.29, 0.717) is 11.3 Å². The summed E-state index contributed by atoms with van der Waals surface area (Å²) in [4.78, 5) is 21.3. The minimum absolute atomic E-state index is 0.213. The number of hydrogen-bond acceptors (Lipinski definition) is 3. The molecule has 1 rings (SSSR count). The maximum absolute atomic E-state index is 10.6. The third-order valence-electron chi connectivity index (χ3n) is 2.22. The van der Waals surface area contributed by atoms with E-state index < -0.39 is 17.9 Å². The second kappa shape index (κ2) is 5.16. The molecule has 0 bridgehead atoms. The molecular formula is C11H13NO4. The molecule has 0 unspecified atom stereocenters. The van der Waals surface area contributed by atoms with Crippen molar-refractivity contribution in [3.63, 3.8) is 0 Å². The Morgan fingerprint density at radius 2 is 1.75 bits per heavy atom. The molecular weight excluding hydrogens is 210 g/mol. The number of aliphatic carboxylic acids is 2. The van der Waals surface area contributed by atoms with E-state index in [1.165, 1.54) is 0 Å². The second-order valence-electron chi connectivity index (χ2n) is 3.56. The van der Waals surface area contributed by atoms with Crippen molar-refractivity contribution in [1.29, 1.82) is 0 Å². The van der Waals surface area contributed by atoms with Gasteiger partial charge in [0.2, 0.25) is 0 Å². The molecule has 1 aromatic carbocycles. The van der Waals surface area contributed by atoms with E-state index in [4.69, 9.17) is 15.9 Å². The van der Waals surface area contributed by atoms with Crippen molar-refractivity contribution in [3.8, 4) is 0 Å². The standard InChI is InChI=1S/C11H13NO4/c12-9-3-1-2-7(4-9)8(5-10(13)14)6-11(15)16/h1-4,8H,5-6,12H2,(H,13,14)(H,15,16). The van der Waals surface area contributed by atoms with Gasteiger partial charge < -0.3 is 15.9 Å². The zero-order chi connectivity index (χ0) is 12.1. The largest absolute Gasteiger partial charge is 0.481 e. The van der Waals surface area contributed by atoms with Crippen LogP contribution in [0.5, 0.6) is 0 Å². The summed E-state index contributed by atoms with van der Waals surface area (Å²) < 4.78 is 0. The molecule has 0 aliphatic rings. The normalized spacial score (nSPS) is 10.3. The fraction of sp³-hybridized carbons (Fsp3) is 0.273. The SMILES string of the molecule is Nc1cccc(C(CC(=O)O)CC(=O)O)c1. The van der Waals surface area contributed by atoms with E-state index in [0.717, 1.165) is 0 Å². The van der Waals surface area contributed by atoms with Gasteiger partial charge in [0.25, 0.3) is 0 Å². The molecule has 0 aromatic heterocycles. The summed E-state index contributed by atoms with van der Waals surface area (Å²) in [6, 6.07) is 6.65. The smallest absolute Gasteiger partial charge is 0.303 e. The molecule has 0 aliphatic heterocycles. The van der Waals surface area contributed by atoms with Crippen molar-refractivity contribution >= 4 is 17.6 Å². The number of nitrogen functional groups attached to an aromatic ring is 1. The molecule has 0 amide bonds. The zero-order valence-corrected chi connectivity index (χ0v) is 8.59. The van der Waals surface area contributed by atoms with Gasteiger partial charge in [0, 0.05) is 11.6 Å². The molecule has 0 saturated heterocycles. The van der Waals surface area contributed by atoms with Crippen molar-refractivity contribution in [1.82, 2.24) is 0 Å². The summed E-state index contributed by atoms with van der Waals surface area (Å²) in [7, 11) is 0. The third kappa shape index (κ3) is 3.61. The molecule has 0 atom stereocenters. The summed E-state index contributed by atoms with van der Waals surface area (Å²) in [6.45, 7) is 0. The average Bonchev–Trinajstić information content (AvgIpc) is 2.15. The van der Waals surface area contributed by atoms with E-state index >= 15 is 0 Å². The van der Waals surface area contributed by atoms with Gasteiger partial charge in [-0.25, -0.2) is 0 Å². The Kier molecular flexibility index (Phi) is 3.88. The number of nitrogens with two attached hydrogens (primary N) is 1. The van der Waals surface area contributed by atoms with Gasteiger partial charge >= 0.3 is 11.9 Å². The van der Waals surface area contributed by atoms with Gasteiger partial charge in [-0.1, -0.05) is 12.1 Å². The summed E-state index contributed by atoms with van der Waals surface area (Å²) >= 11 is 0. The van der Waals surface area contributed by atoms with E-state index in [1.54, 1.807) is 24.3 Å². The van der Waals surface area contributed by atoms with Gasteiger partial charge in [-0.15, -0.1) is 0 Å². The summed E-state index contributed by atoms with van der Waals surface area (Å²) in [6.07, 6.45) is -0.425. The number of carboxylic acid groups (broad SMARTS) is 2. The van der Waals surface area contributed by atoms with E-state index in [1.807, 2.05) is 0 Å². The van der Waals surface area contributed by atoms with Crippen LogP contribution in [0.4, 0.5) is 5.69 Å². The Balaban J connectivity index is 2.90. The highest BCUT2D eigenvalue weighted by Crippen LogP contribution is 2.25. The van der Waals surface area contributed by atoms with Crippen LogP contribution >= 0.6 is 0 Å². The van der Waals surface area contributed by atoms with Crippen molar-refractivity contribution in [2.45, 2.75) is 18.8 Å². The Bertz CT molecular complexity index is 387. The fourth-order valence-corrected chi connectivity index (χ4v) is 1.54. The molecule has 0 aliphatic carbocycles. The monoisotopic (exact) mass is 223 g/mol. The number of carboxylic acids is 2. The lowest BCUT2D eigenvalue weighted by Crippen LogP contribution is -2.11. The first-order valence-electron chi connectivity index (χ1n) is 4.78. The van der Waals surface area contributed by atoms with E-state index in [-0.39, 0.29) is 12.8 Å². The first-order chi connectivity index (χ1) is 7.49. The average molecular weight is 223 g/mol. The molecule has 0 heterocycles. The predicted molar refractivity (Wildman–Crippen MR) is 58.1 cm³/mol. The van der Waals surface area contributed by atoms with Gasteiger partial charge in [-0.2, -0.15) is 0 Å². The van der Waals surface area contributed by atoms with Crippen LogP contribution in [0.1, 0.15) is 24.3 Å². The Morgan fingerprint density at radius 3 is 2.19 bits per heavy atom. The molecule has 5 nitrogen and oxygen atoms in total. The van der Waals surface area contributed by atoms with E-state index in [2.05, 4.69) is 0 Å². The van der Waals surface area contributed by atoms with Crippen LogP contribution in [0, 0.1) is 0 Å². The van der Waals surface area contributed by atoms with Gasteiger partial charge in [0.1, 0.15) is 0 Å². The maximum atomic E-state index is 10.6. The van der Waals surface area contributed by atoms with Crippen LogP contribution < -0.4 is 5.73 Å². The molecule has 4 N–H and O–H groups in total. The topological polar surface area (TPSA) is 101 Å². The fourth-order valence-electron chi connectivity index (χ4n) is 1.54. The first-order valence-corrected chi connectivity index (χ1v) is 4.78. The lowest BCUT2D eigenvalue weighted by atomic mass is 9.92. The lowest BCUT2D eigenvalue weighted by Gasteiger charge is -2.13. The number of anilines is 1. The number of carbonyl (C=O) groups is 2. The van der Waals surface area contributed by atoms with Crippen LogP contribution in [-0.2, 0) is 9.59 Å². The third-order valence-corrected chi connectivity index (χ3v) is 2.22. The van der Waals surface area contributed by atoms with Crippen LogP contribution in [0.15, 0.2) is 24.3 Å².